The summed E-state index contributed by atoms with van der Waals surface area (Å²) in [6.45, 7) is 6.07. The summed E-state index contributed by atoms with van der Waals surface area (Å²) in [6, 6.07) is 0. The largest absolute Gasteiger partial charge is 0.329 e. The summed E-state index contributed by atoms with van der Waals surface area (Å²) in [5, 5.41) is 0.524. The van der Waals surface area contributed by atoms with Gasteiger partial charge in [-0.25, -0.2) is 4.39 Å². The molecule has 0 aromatic rings. The van der Waals surface area contributed by atoms with E-state index in [1.54, 1.807) is 12.2 Å². The fraction of sp³-hybridized carbons (Fsp3) is 0.571. The molecule has 1 fully saturated rings. The SMILES string of the molecule is NCCN1CCN(CC2=C(Cl)C=CCC=C2F)CC1. The summed E-state index contributed by atoms with van der Waals surface area (Å²) in [5.41, 5.74) is 6.17. The molecule has 0 bridgehead atoms. The number of hydrogen-bond acceptors (Lipinski definition) is 3. The lowest BCUT2D eigenvalue weighted by molar-refractivity contribution is 0.143. The Morgan fingerprint density at radius 1 is 1.21 bits per heavy atom. The smallest absolute Gasteiger partial charge is 0.125 e. The molecule has 1 heterocycles. The summed E-state index contributed by atoms with van der Waals surface area (Å²) in [5.74, 6) is -0.181. The Hall–Kier alpha value is -0.680. The first-order chi connectivity index (χ1) is 9.20. The van der Waals surface area contributed by atoms with Crippen molar-refractivity contribution in [2.45, 2.75) is 6.42 Å². The molecular weight excluding hydrogens is 265 g/mol. The quantitative estimate of drug-likeness (QED) is 0.856. The van der Waals surface area contributed by atoms with Gasteiger partial charge in [-0.2, -0.15) is 0 Å². The first kappa shape index (κ1) is 14.7. The van der Waals surface area contributed by atoms with E-state index in [2.05, 4.69) is 9.80 Å². The standard InChI is InChI=1S/C14H21ClFN3/c15-13-3-1-2-4-14(16)12(13)11-19-9-7-18(6-5-17)8-10-19/h1,3-4H,2,5-11,17H2. The summed E-state index contributed by atoms with van der Waals surface area (Å²) < 4.78 is 13.9. The van der Waals surface area contributed by atoms with Crippen molar-refractivity contribution in [3.63, 3.8) is 0 Å². The molecular formula is C14H21ClFN3. The number of rotatable bonds is 4. The maximum atomic E-state index is 13.9. The Morgan fingerprint density at radius 3 is 2.58 bits per heavy atom. The van der Waals surface area contributed by atoms with Gasteiger partial charge in [0, 0.05) is 56.4 Å². The van der Waals surface area contributed by atoms with Crippen LogP contribution in [0.1, 0.15) is 6.42 Å². The maximum absolute atomic E-state index is 13.9. The zero-order chi connectivity index (χ0) is 13.7. The van der Waals surface area contributed by atoms with Gasteiger partial charge >= 0.3 is 0 Å². The first-order valence-electron chi connectivity index (χ1n) is 6.76. The van der Waals surface area contributed by atoms with Crippen LogP contribution >= 0.6 is 11.6 Å². The molecule has 0 saturated carbocycles. The number of nitrogens with two attached hydrogens (primary N) is 1. The second-order valence-electron chi connectivity index (χ2n) is 4.92. The van der Waals surface area contributed by atoms with Crippen LogP contribution in [0.3, 0.4) is 0 Å². The van der Waals surface area contributed by atoms with Crippen LogP contribution in [-0.2, 0) is 0 Å². The summed E-state index contributed by atoms with van der Waals surface area (Å²) >= 11 is 6.14. The molecule has 0 spiro atoms. The second-order valence-corrected chi connectivity index (χ2v) is 5.33. The molecule has 0 unspecified atom stereocenters. The third-order valence-corrected chi connectivity index (χ3v) is 3.92. The van der Waals surface area contributed by atoms with E-state index in [9.17, 15) is 4.39 Å². The van der Waals surface area contributed by atoms with Crippen LogP contribution in [0.4, 0.5) is 4.39 Å². The van der Waals surface area contributed by atoms with Crippen molar-refractivity contribution >= 4 is 11.6 Å². The van der Waals surface area contributed by atoms with Crippen LogP contribution in [-0.4, -0.2) is 55.6 Å². The summed E-state index contributed by atoms with van der Waals surface area (Å²) in [4.78, 5) is 4.59. The highest BCUT2D eigenvalue weighted by Crippen LogP contribution is 2.25. The predicted octanol–water partition coefficient (Wildman–Crippen LogP) is 1.87. The molecule has 0 aromatic carbocycles. The average Bonchev–Trinajstić information content (AvgIpc) is 2.56. The molecule has 1 aliphatic carbocycles. The topological polar surface area (TPSA) is 32.5 Å². The van der Waals surface area contributed by atoms with Crippen molar-refractivity contribution in [1.29, 1.82) is 0 Å². The predicted molar refractivity (Wildman–Crippen MR) is 77.8 cm³/mol. The Morgan fingerprint density at radius 2 is 1.89 bits per heavy atom. The summed E-state index contributed by atoms with van der Waals surface area (Å²) in [7, 11) is 0. The molecule has 2 aliphatic rings. The zero-order valence-corrected chi connectivity index (χ0v) is 11.9. The first-order valence-corrected chi connectivity index (χ1v) is 7.14. The van der Waals surface area contributed by atoms with Gasteiger partial charge in [0.2, 0.25) is 0 Å². The van der Waals surface area contributed by atoms with Crippen LogP contribution in [0.25, 0.3) is 0 Å². The van der Waals surface area contributed by atoms with Crippen LogP contribution in [0, 0.1) is 0 Å². The van der Waals surface area contributed by atoms with E-state index in [1.165, 1.54) is 0 Å². The normalized spacial score (nSPS) is 22.6. The van der Waals surface area contributed by atoms with Crippen LogP contribution in [0.15, 0.2) is 34.7 Å². The van der Waals surface area contributed by atoms with Gasteiger partial charge in [0.1, 0.15) is 5.83 Å². The number of hydrogen-bond donors (Lipinski definition) is 1. The third kappa shape index (κ3) is 4.14. The van der Waals surface area contributed by atoms with Crippen LogP contribution in [0.5, 0.6) is 0 Å². The summed E-state index contributed by atoms with van der Waals surface area (Å²) in [6.07, 6.45) is 5.88. The molecule has 2 rings (SSSR count). The second kappa shape index (κ2) is 7.20. The Bertz CT molecular complexity index is 395. The molecule has 106 valence electrons. The van der Waals surface area contributed by atoms with E-state index in [4.69, 9.17) is 17.3 Å². The van der Waals surface area contributed by atoms with Gasteiger partial charge in [-0.05, 0) is 18.6 Å². The molecule has 5 heteroatoms. The number of allylic oxidation sites excluding steroid dienone is 4. The third-order valence-electron chi connectivity index (χ3n) is 3.57. The van der Waals surface area contributed by atoms with Gasteiger partial charge in [0.25, 0.3) is 0 Å². The van der Waals surface area contributed by atoms with Gasteiger partial charge < -0.3 is 5.73 Å². The monoisotopic (exact) mass is 285 g/mol. The van der Waals surface area contributed by atoms with Crippen molar-refractivity contribution in [2.24, 2.45) is 5.73 Å². The van der Waals surface area contributed by atoms with Crippen molar-refractivity contribution in [3.05, 3.63) is 34.7 Å². The average molecular weight is 286 g/mol. The highest BCUT2D eigenvalue weighted by molar-refractivity contribution is 6.31. The van der Waals surface area contributed by atoms with Crippen molar-refractivity contribution < 1.29 is 4.39 Å². The minimum absolute atomic E-state index is 0.181. The number of nitrogens with zero attached hydrogens (tertiary/aromatic N) is 2. The Labute approximate surface area is 119 Å². The van der Waals surface area contributed by atoms with Crippen molar-refractivity contribution in [1.82, 2.24) is 9.80 Å². The lowest BCUT2D eigenvalue weighted by Gasteiger charge is -2.34. The Balaban J connectivity index is 1.93. The number of halogens is 2. The van der Waals surface area contributed by atoms with E-state index >= 15 is 0 Å². The fourth-order valence-corrected chi connectivity index (χ4v) is 2.65. The van der Waals surface area contributed by atoms with Gasteiger partial charge in [-0.3, -0.25) is 9.80 Å². The van der Waals surface area contributed by atoms with Gasteiger partial charge in [-0.15, -0.1) is 0 Å². The van der Waals surface area contributed by atoms with Crippen molar-refractivity contribution in [2.75, 3.05) is 45.8 Å². The fourth-order valence-electron chi connectivity index (χ4n) is 2.41. The molecule has 0 atom stereocenters. The lowest BCUT2D eigenvalue weighted by Crippen LogP contribution is -2.48. The molecule has 0 aromatic heterocycles. The van der Waals surface area contributed by atoms with E-state index in [0.717, 1.165) is 32.7 Å². The van der Waals surface area contributed by atoms with Crippen LogP contribution in [0.2, 0.25) is 0 Å². The molecule has 1 saturated heterocycles. The molecule has 0 radical (unpaired) electrons. The van der Waals surface area contributed by atoms with Gasteiger partial charge in [0.05, 0.1) is 0 Å². The minimum Gasteiger partial charge on any atom is -0.329 e. The highest BCUT2D eigenvalue weighted by atomic mass is 35.5. The minimum atomic E-state index is -0.181. The van der Waals surface area contributed by atoms with Gasteiger partial charge in [0.15, 0.2) is 0 Å². The molecule has 1 aliphatic heterocycles. The van der Waals surface area contributed by atoms with E-state index in [-0.39, 0.29) is 5.83 Å². The molecule has 2 N–H and O–H groups in total. The van der Waals surface area contributed by atoms with E-state index < -0.39 is 0 Å². The maximum Gasteiger partial charge on any atom is 0.125 e. The highest BCUT2D eigenvalue weighted by Gasteiger charge is 2.20. The van der Waals surface area contributed by atoms with E-state index in [1.807, 2.05) is 6.08 Å². The van der Waals surface area contributed by atoms with Crippen LogP contribution < -0.4 is 5.73 Å². The molecule has 19 heavy (non-hydrogen) atoms. The Kier molecular flexibility index (Phi) is 5.58. The lowest BCUT2D eigenvalue weighted by atomic mass is 10.1. The van der Waals surface area contributed by atoms with Gasteiger partial charge in [-0.1, -0.05) is 17.7 Å². The van der Waals surface area contributed by atoms with E-state index in [0.29, 0.717) is 30.1 Å². The number of piperazine rings is 1. The zero-order valence-electron chi connectivity index (χ0n) is 11.1. The molecule has 3 nitrogen and oxygen atoms in total. The van der Waals surface area contributed by atoms with Crippen molar-refractivity contribution in [3.8, 4) is 0 Å². The molecule has 0 amide bonds.